The Morgan fingerprint density at radius 1 is 1.08 bits per heavy atom. The molecule has 0 aromatic rings. The molecule has 2 aliphatic heterocycles. The second-order valence-electron chi connectivity index (χ2n) is 2.91. The van der Waals surface area contributed by atoms with Crippen LogP contribution in [0.15, 0.2) is 0 Å². The zero-order valence-corrected chi connectivity index (χ0v) is 6.71. The minimum Gasteiger partial charge on any atom is -0.354 e. The maximum Gasteiger partial charge on any atom is 0.192 e. The molecule has 68 valence electrons. The number of hydrogen-bond acceptors (Lipinski definition) is 5. The first kappa shape index (κ1) is 8.12. The first-order chi connectivity index (χ1) is 5.88. The van der Waals surface area contributed by atoms with Crippen LogP contribution in [0.3, 0.4) is 0 Å². The summed E-state index contributed by atoms with van der Waals surface area (Å²) in [7, 11) is 0. The largest absolute Gasteiger partial charge is 0.354 e. The molecular formula is C7H12N2O3. The third-order valence-electron chi connectivity index (χ3n) is 2.07. The van der Waals surface area contributed by atoms with Gasteiger partial charge in [0.05, 0.1) is 13.5 Å². The molecule has 0 aliphatic carbocycles. The number of nitrogens with one attached hydrogen (secondary N) is 2. The quantitative estimate of drug-likeness (QED) is 0.528. The molecule has 2 rings (SSSR count). The van der Waals surface area contributed by atoms with Crippen LogP contribution in [0.1, 0.15) is 0 Å². The van der Waals surface area contributed by atoms with Gasteiger partial charge >= 0.3 is 0 Å². The van der Waals surface area contributed by atoms with Crippen molar-refractivity contribution in [3.63, 3.8) is 0 Å². The van der Waals surface area contributed by atoms with Gasteiger partial charge in [-0.1, -0.05) is 0 Å². The van der Waals surface area contributed by atoms with Gasteiger partial charge in [0, 0.05) is 13.1 Å². The minimum absolute atomic E-state index is 0.0463. The van der Waals surface area contributed by atoms with E-state index in [0.717, 1.165) is 0 Å². The van der Waals surface area contributed by atoms with Crippen molar-refractivity contribution in [1.82, 2.24) is 10.6 Å². The van der Waals surface area contributed by atoms with Gasteiger partial charge in [0.15, 0.2) is 5.78 Å². The third kappa shape index (κ3) is 1.49. The van der Waals surface area contributed by atoms with Gasteiger partial charge in [0.1, 0.15) is 12.2 Å². The van der Waals surface area contributed by atoms with E-state index in [1.807, 2.05) is 0 Å². The number of carbonyl (C=O) groups excluding carboxylic acids is 1. The van der Waals surface area contributed by atoms with E-state index < -0.39 is 0 Å². The average Bonchev–Trinajstić information content (AvgIpc) is 2.77. The summed E-state index contributed by atoms with van der Waals surface area (Å²) in [6, 6.07) is 0. The Bertz CT molecular complexity index is 155. The monoisotopic (exact) mass is 172 g/mol. The number of rotatable bonds is 2. The van der Waals surface area contributed by atoms with Crippen LogP contribution in [0.5, 0.6) is 0 Å². The molecule has 0 saturated carbocycles. The highest BCUT2D eigenvalue weighted by Crippen LogP contribution is 2.07. The summed E-state index contributed by atoms with van der Waals surface area (Å²) in [5.74, 6) is 0.0463. The Morgan fingerprint density at radius 3 is 1.92 bits per heavy atom. The minimum atomic E-state index is -0.310. The molecule has 0 aromatic carbocycles. The van der Waals surface area contributed by atoms with E-state index in [4.69, 9.17) is 9.47 Å². The van der Waals surface area contributed by atoms with Crippen molar-refractivity contribution in [3.8, 4) is 0 Å². The van der Waals surface area contributed by atoms with Gasteiger partial charge in [0.25, 0.3) is 0 Å². The lowest BCUT2D eigenvalue weighted by Crippen LogP contribution is -2.36. The van der Waals surface area contributed by atoms with Gasteiger partial charge in [-0.3, -0.25) is 15.4 Å². The lowest BCUT2D eigenvalue weighted by molar-refractivity contribution is -0.135. The van der Waals surface area contributed by atoms with Crippen LogP contribution in [0.25, 0.3) is 0 Å². The van der Waals surface area contributed by atoms with E-state index in [2.05, 4.69) is 10.6 Å². The molecule has 2 heterocycles. The molecule has 5 nitrogen and oxygen atoms in total. The molecular weight excluding hydrogens is 160 g/mol. The van der Waals surface area contributed by atoms with E-state index in [1.165, 1.54) is 0 Å². The summed E-state index contributed by atoms with van der Waals surface area (Å²) in [6.45, 7) is 2.16. The van der Waals surface area contributed by atoms with Crippen LogP contribution in [0, 0.1) is 0 Å². The highest BCUT2D eigenvalue weighted by atomic mass is 16.5. The second-order valence-corrected chi connectivity index (χ2v) is 2.91. The van der Waals surface area contributed by atoms with Gasteiger partial charge in [-0.05, 0) is 0 Å². The Kier molecular flexibility index (Phi) is 2.36. The van der Waals surface area contributed by atoms with Crippen LogP contribution < -0.4 is 10.6 Å². The van der Waals surface area contributed by atoms with Crippen LogP contribution in [-0.4, -0.2) is 44.5 Å². The maximum atomic E-state index is 11.5. The summed E-state index contributed by atoms with van der Waals surface area (Å²) in [4.78, 5) is 11.5. The molecule has 0 amide bonds. The van der Waals surface area contributed by atoms with Crippen molar-refractivity contribution in [3.05, 3.63) is 0 Å². The average molecular weight is 172 g/mol. The van der Waals surface area contributed by atoms with Crippen LogP contribution in [-0.2, 0) is 14.3 Å². The normalized spacial score (nSPS) is 35.7. The number of ether oxygens (including phenoxy) is 2. The summed E-state index contributed by atoms with van der Waals surface area (Å²) < 4.78 is 10.3. The third-order valence-corrected chi connectivity index (χ3v) is 2.07. The molecule has 0 aromatic heterocycles. The van der Waals surface area contributed by atoms with E-state index in [1.54, 1.807) is 0 Å². The first-order valence-corrected chi connectivity index (χ1v) is 4.06. The second kappa shape index (κ2) is 3.49. The van der Waals surface area contributed by atoms with E-state index in [-0.39, 0.29) is 18.0 Å². The van der Waals surface area contributed by atoms with Crippen LogP contribution in [0.2, 0.25) is 0 Å². The van der Waals surface area contributed by atoms with Crippen molar-refractivity contribution in [2.75, 3.05) is 26.6 Å². The fourth-order valence-corrected chi connectivity index (χ4v) is 1.39. The van der Waals surface area contributed by atoms with Crippen molar-refractivity contribution in [2.45, 2.75) is 12.2 Å². The number of ketones is 1. The van der Waals surface area contributed by atoms with Crippen molar-refractivity contribution < 1.29 is 14.3 Å². The van der Waals surface area contributed by atoms with Crippen LogP contribution >= 0.6 is 0 Å². The lowest BCUT2D eigenvalue weighted by atomic mass is 10.1. The van der Waals surface area contributed by atoms with Gasteiger partial charge in [-0.2, -0.15) is 0 Å². The topological polar surface area (TPSA) is 59.6 Å². The highest BCUT2D eigenvalue weighted by Gasteiger charge is 2.32. The summed E-state index contributed by atoms with van der Waals surface area (Å²) >= 11 is 0. The van der Waals surface area contributed by atoms with Crippen molar-refractivity contribution in [1.29, 1.82) is 0 Å². The molecule has 5 heteroatoms. The van der Waals surface area contributed by atoms with E-state index >= 15 is 0 Å². The molecule has 2 atom stereocenters. The first-order valence-electron chi connectivity index (χ1n) is 4.06. The van der Waals surface area contributed by atoms with Gasteiger partial charge in [0.2, 0.25) is 0 Å². The zero-order valence-electron chi connectivity index (χ0n) is 6.71. The lowest BCUT2D eigenvalue weighted by Gasteiger charge is -2.11. The van der Waals surface area contributed by atoms with Gasteiger partial charge in [-0.15, -0.1) is 0 Å². The fraction of sp³-hybridized carbons (Fsp3) is 0.857. The molecule has 2 N–H and O–H groups in total. The predicted octanol–water partition coefficient (Wildman–Crippen LogP) is -1.55. The Hall–Kier alpha value is -0.490. The maximum absolute atomic E-state index is 11.5. The molecule has 0 radical (unpaired) electrons. The SMILES string of the molecule is O=C(C1CNCO1)C1CNCO1. The standard InChI is InChI=1S/C7H12N2O3/c10-7(5-1-8-3-11-5)6-2-9-4-12-6/h5-6,8-9H,1-4H2. The summed E-state index contributed by atoms with van der Waals surface area (Å²) in [5.41, 5.74) is 0. The molecule has 2 saturated heterocycles. The zero-order chi connectivity index (χ0) is 8.39. The van der Waals surface area contributed by atoms with Crippen LogP contribution in [0.4, 0.5) is 0 Å². The Labute approximate surface area is 70.4 Å². The number of hydrogen-bond donors (Lipinski definition) is 2. The van der Waals surface area contributed by atoms with Crippen molar-refractivity contribution >= 4 is 5.78 Å². The molecule has 2 unspecified atom stereocenters. The van der Waals surface area contributed by atoms with E-state index in [9.17, 15) is 4.79 Å². The smallest absolute Gasteiger partial charge is 0.192 e. The molecule has 0 bridgehead atoms. The molecule has 0 spiro atoms. The molecule has 12 heavy (non-hydrogen) atoms. The van der Waals surface area contributed by atoms with E-state index in [0.29, 0.717) is 26.6 Å². The Balaban J connectivity index is 1.89. The fourth-order valence-electron chi connectivity index (χ4n) is 1.39. The number of carbonyl (C=O) groups is 1. The molecule has 2 fully saturated rings. The summed E-state index contributed by atoms with van der Waals surface area (Å²) in [5, 5.41) is 5.92. The highest BCUT2D eigenvalue weighted by molar-refractivity contribution is 5.88. The number of Topliss-reactive ketones (excluding diaryl/α,β-unsaturated/α-hetero) is 1. The molecule has 2 aliphatic rings. The predicted molar refractivity (Wildman–Crippen MR) is 40.5 cm³/mol. The summed E-state index contributed by atoms with van der Waals surface area (Å²) in [6.07, 6.45) is -0.621. The van der Waals surface area contributed by atoms with Gasteiger partial charge < -0.3 is 9.47 Å². The van der Waals surface area contributed by atoms with Gasteiger partial charge in [-0.25, -0.2) is 0 Å². The van der Waals surface area contributed by atoms with Crippen molar-refractivity contribution in [2.24, 2.45) is 0 Å². The Morgan fingerprint density at radius 2 is 1.58 bits per heavy atom.